The number of aliphatic imine (C=N–C) groups is 1. The summed E-state index contributed by atoms with van der Waals surface area (Å²) >= 11 is 0. The van der Waals surface area contributed by atoms with Gasteiger partial charge in [0, 0.05) is 6.54 Å². The fraction of sp³-hybridized carbons (Fsp3) is 0.533. The molecular weight excluding hydrogens is 254 g/mol. The Hall–Kier alpha value is -1.91. The second-order valence-electron chi connectivity index (χ2n) is 5.05. The number of aromatic hydroxyl groups is 1. The van der Waals surface area contributed by atoms with Gasteiger partial charge in [-0.25, -0.2) is 4.99 Å². The van der Waals surface area contributed by atoms with Gasteiger partial charge in [0.2, 0.25) is 0 Å². The van der Waals surface area contributed by atoms with Crippen LogP contribution in [0.25, 0.3) is 0 Å². The summed E-state index contributed by atoms with van der Waals surface area (Å²) in [6.07, 6.45) is 1.06. The Balaban J connectivity index is 2.53. The number of guanidine groups is 1. The zero-order valence-corrected chi connectivity index (χ0v) is 12.5. The van der Waals surface area contributed by atoms with Gasteiger partial charge in [0.05, 0.1) is 13.2 Å². The molecule has 0 aromatic heterocycles. The first-order chi connectivity index (χ1) is 9.52. The van der Waals surface area contributed by atoms with Gasteiger partial charge in [-0.2, -0.15) is 0 Å². The Morgan fingerprint density at radius 2 is 2.20 bits per heavy atom. The van der Waals surface area contributed by atoms with E-state index in [1.165, 1.54) is 0 Å². The van der Waals surface area contributed by atoms with Gasteiger partial charge in [-0.3, -0.25) is 0 Å². The van der Waals surface area contributed by atoms with Crippen molar-refractivity contribution in [3.8, 4) is 11.5 Å². The van der Waals surface area contributed by atoms with Crippen LogP contribution in [0.1, 0.15) is 32.8 Å². The summed E-state index contributed by atoms with van der Waals surface area (Å²) in [4.78, 5) is 4.27. The molecular formula is C15H25N3O2. The van der Waals surface area contributed by atoms with Crippen molar-refractivity contribution >= 4 is 5.96 Å². The van der Waals surface area contributed by atoms with Gasteiger partial charge in [0.15, 0.2) is 17.5 Å². The van der Waals surface area contributed by atoms with Crippen LogP contribution in [0.5, 0.6) is 11.5 Å². The second-order valence-corrected chi connectivity index (χ2v) is 5.05. The third-order valence-electron chi connectivity index (χ3n) is 2.78. The molecule has 4 N–H and O–H groups in total. The lowest BCUT2D eigenvalue weighted by Crippen LogP contribution is -2.32. The number of hydrogen-bond donors (Lipinski definition) is 3. The van der Waals surface area contributed by atoms with Gasteiger partial charge < -0.3 is 20.9 Å². The van der Waals surface area contributed by atoms with Crippen LogP contribution in [0.4, 0.5) is 0 Å². The van der Waals surface area contributed by atoms with Crippen molar-refractivity contribution in [2.24, 2.45) is 16.6 Å². The monoisotopic (exact) mass is 279 g/mol. The van der Waals surface area contributed by atoms with Gasteiger partial charge in [-0.05, 0) is 37.0 Å². The normalized spacial score (nSPS) is 11.7. The molecule has 0 unspecified atom stereocenters. The molecule has 0 aliphatic rings. The van der Waals surface area contributed by atoms with Crippen LogP contribution in [0.2, 0.25) is 0 Å². The zero-order valence-electron chi connectivity index (χ0n) is 12.5. The summed E-state index contributed by atoms with van der Waals surface area (Å²) in [5.41, 5.74) is 6.74. The molecule has 0 bridgehead atoms. The maximum absolute atomic E-state index is 9.61. The lowest BCUT2D eigenvalue weighted by atomic mass is 10.1. The maximum Gasteiger partial charge on any atom is 0.188 e. The number of hydrogen-bond acceptors (Lipinski definition) is 3. The Kier molecular flexibility index (Phi) is 6.70. The van der Waals surface area contributed by atoms with E-state index in [4.69, 9.17) is 10.5 Å². The molecule has 1 aromatic rings. The molecule has 0 saturated heterocycles. The highest BCUT2D eigenvalue weighted by atomic mass is 16.5. The lowest BCUT2D eigenvalue weighted by Gasteiger charge is -2.09. The molecule has 0 aliphatic heterocycles. The predicted molar refractivity (Wildman–Crippen MR) is 82.1 cm³/mol. The molecule has 112 valence electrons. The van der Waals surface area contributed by atoms with E-state index >= 15 is 0 Å². The smallest absolute Gasteiger partial charge is 0.188 e. The number of phenols is 1. The molecule has 1 aromatic carbocycles. The van der Waals surface area contributed by atoms with Crippen molar-refractivity contribution in [2.75, 3.05) is 13.2 Å². The average Bonchev–Trinajstić information content (AvgIpc) is 2.39. The minimum absolute atomic E-state index is 0.141. The standard InChI is InChI=1S/C15H25N3O2/c1-4-20-14-9-12(5-6-13(14)19)10-18-15(16)17-8-7-11(2)3/h5-6,9,11,19H,4,7-8,10H2,1-3H3,(H3,16,17,18). The van der Waals surface area contributed by atoms with E-state index in [2.05, 4.69) is 24.2 Å². The van der Waals surface area contributed by atoms with E-state index < -0.39 is 0 Å². The fourth-order valence-electron chi connectivity index (χ4n) is 1.65. The fourth-order valence-corrected chi connectivity index (χ4v) is 1.65. The molecule has 0 radical (unpaired) electrons. The first-order valence-electron chi connectivity index (χ1n) is 7.01. The minimum atomic E-state index is 0.141. The highest BCUT2D eigenvalue weighted by molar-refractivity contribution is 5.77. The Morgan fingerprint density at radius 1 is 1.45 bits per heavy atom. The number of ether oxygens (including phenoxy) is 1. The van der Waals surface area contributed by atoms with E-state index in [1.807, 2.05) is 13.0 Å². The number of nitrogens with two attached hydrogens (primary N) is 1. The zero-order chi connectivity index (χ0) is 15.0. The highest BCUT2D eigenvalue weighted by Gasteiger charge is 2.03. The summed E-state index contributed by atoms with van der Waals surface area (Å²) in [7, 11) is 0. The maximum atomic E-state index is 9.61. The molecule has 0 fully saturated rings. The van der Waals surface area contributed by atoms with Crippen LogP contribution in [-0.2, 0) is 6.54 Å². The molecule has 5 nitrogen and oxygen atoms in total. The molecule has 0 amide bonds. The highest BCUT2D eigenvalue weighted by Crippen LogP contribution is 2.26. The first-order valence-corrected chi connectivity index (χ1v) is 7.01. The van der Waals surface area contributed by atoms with Crippen LogP contribution < -0.4 is 15.8 Å². The molecule has 1 rings (SSSR count). The number of nitrogens with zero attached hydrogens (tertiary/aromatic N) is 1. The van der Waals surface area contributed by atoms with E-state index in [1.54, 1.807) is 12.1 Å². The summed E-state index contributed by atoms with van der Waals surface area (Å²) in [6, 6.07) is 5.20. The van der Waals surface area contributed by atoms with Gasteiger partial charge in [0.25, 0.3) is 0 Å². The van der Waals surface area contributed by atoms with Gasteiger partial charge >= 0.3 is 0 Å². The Bertz CT molecular complexity index is 445. The predicted octanol–water partition coefficient (Wildman–Crippen LogP) is 2.24. The number of phenolic OH excluding ortho intramolecular Hbond substituents is 1. The number of benzene rings is 1. The van der Waals surface area contributed by atoms with Crippen LogP contribution in [0, 0.1) is 5.92 Å². The minimum Gasteiger partial charge on any atom is -0.504 e. The van der Waals surface area contributed by atoms with Gasteiger partial charge in [-0.1, -0.05) is 19.9 Å². The van der Waals surface area contributed by atoms with Crippen LogP contribution >= 0.6 is 0 Å². The third-order valence-corrected chi connectivity index (χ3v) is 2.78. The summed E-state index contributed by atoms with van der Waals surface area (Å²) in [6.45, 7) is 8.01. The Labute approximate surface area is 120 Å². The molecule has 0 spiro atoms. The second kappa shape index (κ2) is 8.30. The molecule has 5 heteroatoms. The topological polar surface area (TPSA) is 79.9 Å². The molecule has 0 aliphatic carbocycles. The van der Waals surface area contributed by atoms with E-state index in [0.717, 1.165) is 18.5 Å². The first kappa shape index (κ1) is 16.1. The van der Waals surface area contributed by atoms with E-state index in [0.29, 0.717) is 30.8 Å². The largest absolute Gasteiger partial charge is 0.504 e. The van der Waals surface area contributed by atoms with Gasteiger partial charge in [-0.15, -0.1) is 0 Å². The Morgan fingerprint density at radius 3 is 2.85 bits per heavy atom. The van der Waals surface area contributed by atoms with Crippen molar-refractivity contribution in [2.45, 2.75) is 33.7 Å². The molecule has 0 atom stereocenters. The van der Waals surface area contributed by atoms with Crippen molar-refractivity contribution in [1.82, 2.24) is 5.32 Å². The van der Waals surface area contributed by atoms with Crippen molar-refractivity contribution < 1.29 is 9.84 Å². The summed E-state index contributed by atoms with van der Waals surface area (Å²) < 4.78 is 5.33. The van der Waals surface area contributed by atoms with Gasteiger partial charge in [0.1, 0.15) is 0 Å². The molecule has 0 heterocycles. The lowest BCUT2D eigenvalue weighted by molar-refractivity contribution is 0.318. The SMILES string of the molecule is CCOc1cc(CN=C(N)NCCC(C)C)ccc1O. The third kappa shape index (κ3) is 5.82. The van der Waals surface area contributed by atoms with E-state index in [9.17, 15) is 5.11 Å². The van der Waals surface area contributed by atoms with Crippen LogP contribution in [0.15, 0.2) is 23.2 Å². The summed E-state index contributed by atoms with van der Waals surface area (Å²) in [5.74, 6) is 1.70. The average molecular weight is 279 g/mol. The number of rotatable bonds is 7. The molecule has 0 saturated carbocycles. The van der Waals surface area contributed by atoms with E-state index in [-0.39, 0.29) is 5.75 Å². The summed E-state index contributed by atoms with van der Waals surface area (Å²) in [5, 5.41) is 12.7. The van der Waals surface area contributed by atoms with Crippen LogP contribution in [-0.4, -0.2) is 24.2 Å². The quantitative estimate of drug-likeness (QED) is 0.528. The number of nitrogens with one attached hydrogen (secondary N) is 1. The molecule has 20 heavy (non-hydrogen) atoms. The van der Waals surface area contributed by atoms with Crippen LogP contribution in [0.3, 0.4) is 0 Å². The van der Waals surface area contributed by atoms with Crippen molar-refractivity contribution in [1.29, 1.82) is 0 Å². The van der Waals surface area contributed by atoms with Crippen molar-refractivity contribution in [3.63, 3.8) is 0 Å². The van der Waals surface area contributed by atoms with Crippen molar-refractivity contribution in [3.05, 3.63) is 23.8 Å².